The second kappa shape index (κ2) is 7.95. The van der Waals surface area contributed by atoms with Gasteiger partial charge in [-0.05, 0) is 25.0 Å². The highest BCUT2D eigenvalue weighted by Crippen LogP contribution is 2.13. The van der Waals surface area contributed by atoms with Crippen molar-refractivity contribution in [3.8, 4) is 0 Å². The van der Waals surface area contributed by atoms with Crippen molar-refractivity contribution in [2.75, 3.05) is 45.9 Å². The first-order chi connectivity index (χ1) is 11.2. The molecule has 1 atom stereocenters. The molecule has 1 amide bonds. The van der Waals surface area contributed by atoms with E-state index in [1.807, 2.05) is 24.2 Å². The number of aryl methyl sites for hydroxylation is 1. The third kappa shape index (κ3) is 4.34. The molecule has 0 aromatic carbocycles. The van der Waals surface area contributed by atoms with Crippen LogP contribution in [-0.4, -0.2) is 72.3 Å². The third-order valence-electron chi connectivity index (χ3n) is 4.90. The van der Waals surface area contributed by atoms with Gasteiger partial charge in [0.2, 0.25) is 5.91 Å². The quantitative estimate of drug-likeness (QED) is 0.826. The zero-order valence-corrected chi connectivity index (χ0v) is 14.0. The number of hydrogen-bond donors (Lipinski definition) is 1. The number of ether oxygens (including phenoxy) is 1. The summed E-state index contributed by atoms with van der Waals surface area (Å²) in [6, 6.07) is 4.09. The van der Waals surface area contributed by atoms with Crippen molar-refractivity contribution < 1.29 is 9.53 Å². The molecular weight excluding hydrogens is 292 g/mol. The minimum absolute atomic E-state index is 0.0386. The molecule has 0 unspecified atom stereocenters. The van der Waals surface area contributed by atoms with Gasteiger partial charge in [-0.25, -0.2) is 0 Å². The second-order valence-electron chi connectivity index (χ2n) is 6.47. The molecule has 2 aliphatic heterocycles. The minimum Gasteiger partial charge on any atom is -0.379 e. The zero-order valence-electron chi connectivity index (χ0n) is 14.0. The van der Waals surface area contributed by atoms with Gasteiger partial charge in [-0.1, -0.05) is 0 Å². The fraction of sp³-hybridized carbons (Fsp3) is 0.706. The van der Waals surface area contributed by atoms with E-state index in [-0.39, 0.29) is 11.9 Å². The molecule has 0 saturated carbocycles. The van der Waals surface area contributed by atoms with Gasteiger partial charge in [-0.2, -0.15) is 0 Å². The fourth-order valence-corrected chi connectivity index (χ4v) is 3.35. The maximum absolute atomic E-state index is 12.7. The third-order valence-corrected chi connectivity index (χ3v) is 4.90. The molecule has 1 N–H and O–H groups in total. The van der Waals surface area contributed by atoms with E-state index < -0.39 is 0 Å². The second-order valence-corrected chi connectivity index (χ2v) is 6.47. The molecule has 0 bridgehead atoms. The van der Waals surface area contributed by atoms with E-state index in [0.717, 1.165) is 65.3 Å². The van der Waals surface area contributed by atoms with E-state index in [2.05, 4.69) is 20.9 Å². The summed E-state index contributed by atoms with van der Waals surface area (Å²) < 4.78 is 7.47. The van der Waals surface area contributed by atoms with E-state index in [1.165, 1.54) is 5.69 Å². The highest BCUT2D eigenvalue weighted by molar-refractivity contribution is 5.82. The van der Waals surface area contributed by atoms with Crippen LogP contribution in [0.4, 0.5) is 0 Å². The molecule has 6 nitrogen and oxygen atoms in total. The van der Waals surface area contributed by atoms with E-state index in [9.17, 15) is 4.79 Å². The van der Waals surface area contributed by atoms with E-state index >= 15 is 0 Å². The van der Waals surface area contributed by atoms with Crippen LogP contribution in [0.25, 0.3) is 0 Å². The average molecular weight is 320 g/mol. The van der Waals surface area contributed by atoms with Gasteiger partial charge in [0, 0.05) is 58.2 Å². The zero-order chi connectivity index (χ0) is 16.1. The van der Waals surface area contributed by atoms with E-state index in [0.29, 0.717) is 0 Å². The highest BCUT2D eigenvalue weighted by Gasteiger charge is 2.28. The normalized spacial score (nSPS) is 23.4. The SMILES string of the molecule is Cn1cccc1CN[C@@H]1CCCN(CCN2CCOCC2)C1=O. The number of carbonyl (C=O) groups is 1. The van der Waals surface area contributed by atoms with Crippen molar-refractivity contribution >= 4 is 5.91 Å². The van der Waals surface area contributed by atoms with Gasteiger partial charge >= 0.3 is 0 Å². The van der Waals surface area contributed by atoms with Gasteiger partial charge < -0.3 is 19.5 Å². The lowest BCUT2D eigenvalue weighted by Gasteiger charge is -2.35. The van der Waals surface area contributed by atoms with Crippen molar-refractivity contribution in [2.24, 2.45) is 7.05 Å². The Morgan fingerprint density at radius 3 is 2.83 bits per heavy atom. The lowest BCUT2D eigenvalue weighted by atomic mass is 10.0. The van der Waals surface area contributed by atoms with E-state index in [1.54, 1.807) is 0 Å². The summed E-state index contributed by atoms with van der Waals surface area (Å²) in [5.41, 5.74) is 1.21. The molecule has 2 aliphatic rings. The molecule has 23 heavy (non-hydrogen) atoms. The van der Waals surface area contributed by atoms with Crippen LogP contribution in [0, 0.1) is 0 Å². The molecule has 1 aromatic heterocycles. The number of nitrogens with one attached hydrogen (secondary N) is 1. The van der Waals surface area contributed by atoms with Crippen molar-refractivity contribution in [1.82, 2.24) is 19.7 Å². The summed E-state index contributed by atoms with van der Waals surface area (Å²) in [5.74, 6) is 0.263. The number of likely N-dealkylation sites (tertiary alicyclic amines) is 1. The predicted octanol–water partition coefficient (Wildman–Crippen LogP) is 0.438. The lowest BCUT2D eigenvalue weighted by molar-refractivity contribution is -0.136. The largest absolute Gasteiger partial charge is 0.379 e. The Hall–Kier alpha value is -1.37. The molecule has 3 heterocycles. The van der Waals surface area contributed by atoms with Gasteiger partial charge in [0.15, 0.2) is 0 Å². The van der Waals surface area contributed by atoms with Crippen molar-refractivity contribution in [2.45, 2.75) is 25.4 Å². The topological polar surface area (TPSA) is 49.7 Å². The maximum Gasteiger partial charge on any atom is 0.239 e. The summed E-state index contributed by atoms with van der Waals surface area (Å²) in [5, 5.41) is 3.44. The summed E-state index contributed by atoms with van der Waals surface area (Å²) in [6.45, 7) is 7.03. The minimum atomic E-state index is -0.0386. The van der Waals surface area contributed by atoms with Gasteiger partial charge in [0.05, 0.1) is 19.3 Å². The molecule has 1 aromatic rings. The Bertz CT molecular complexity index is 510. The first-order valence-corrected chi connectivity index (χ1v) is 8.66. The summed E-state index contributed by atoms with van der Waals surface area (Å²) in [4.78, 5) is 17.1. The number of piperidine rings is 1. The number of aromatic nitrogens is 1. The Morgan fingerprint density at radius 1 is 1.26 bits per heavy atom. The fourth-order valence-electron chi connectivity index (χ4n) is 3.35. The molecule has 128 valence electrons. The molecule has 6 heteroatoms. The molecule has 2 saturated heterocycles. The molecule has 2 fully saturated rings. The van der Waals surface area contributed by atoms with Crippen LogP contribution in [0.15, 0.2) is 18.3 Å². The van der Waals surface area contributed by atoms with Crippen LogP contribution < -0.4 is 5.32 Å². The number of morpholine rings is 1. The number of amides is 1. The number of carbonyl (C=O) groups excluding carboxylic acids is 1. The molecular formula is C17H28N4O2. The first-order valence-electron chi connectivity index (χ1n) is 8.66. The first kappa shape index (κ1) is 16.5. The number of rotatable bonds is 6. The van der Waals surface area contributed by atoms with Crippen molar-refractivity contribution in [1.29, 1.82) is 0 Å². The smallest absolute Gasteiger partial charge is 0.239 e. The van der Waals surface area contributed by atoms with Crippen LogP contribution in [-0.2, 0) is 23.1 Å². The van der Waals surface area contributed by atoms with Gasteiger partial charge in [0.1, 0.15) is 0 Å². The predicted molar refractivity (Wildman–Crippen MR) is 89.1 cm³/mol. The van der Waals surface area contributed by atoms with Crippen LogP contribution in [0.5, 0.6) is 0 Å². The standard InChI is InChI=1S/C17H28N4O2/c1-19-6-2-4-15(19)14-18-16-5-3-7-21(17(16)22)9-8-20-10-12-23-13-11-20/h2,4,6,16,18H,3,5,7-14H2,1H3/t16-/m1/s1. The maximum atomic E-state index is 12.7. The van der Waals surface area contributed by atoms with Crippen LogP contribution in [0.2, 0.25) is 0 Å². The highest BCUT2D eigenvalue weighted by atomic mass is 16.5. The van der Waals surface area contributed by atoms with E-state index in [4.69, 9.17) is 4.74 Å². The summed E-state index contributed by atoms with van der Waals surface area (Å²) in [7, 11) is 2.04. The number of hydrogen-bond acceptors (Lipinski definition) is 4. The Kier molecular flexibility index (Phi) is 5.70. The lowest BCUT2D eigenvalue weighted by Crippen LogP contribution is -2.52. The van der Waals surface area contributed by atoms with Crippen LogP contribution in [0.1, 0.15) is 18.5 Å². The summed E-state index contributed by atoms with van der Waals surface area (Å²) in [6.07, 6.45) is 4.06. The molecule has 0 radical (unpaired) electrons. The van der Waals surface area contributed by atoms with Crippen LogP contribution in [0.3, 0.4) is 0 Å². The Labute approximate surface area is 138 Å². The van der Waals surface area contributed by atoms with Crippen LogP contribution >= 0.6 is 0 Å². The van der Waals surface area contributed by atoms with Gasteiger partial charge in [0.25, 0.3) is 0 Å². The molecule has 3 rings (SSSR count). The Morgan fingerprint density at radius 2 is 2.09 bits per heavy atom. The van der Waals surface area contributed by atoms with Crippen molar-refractivity contribution in [3.05, 3.63) is 24.0 Å². The summed E-state index contributed by atoms with van der Waals surface area (Å²) >= 11 is 0. The molecule has 0 aliphatic carbocycles. The number of nitrogens with zero attached hydrogens (tertiary/aromatic N) is 3. The van der Waals surface area contributed by atoms with Crippen molar-refractivity contribution in [3.63, 3.8) is 0 Å². The van der Waals surface area contributed by atoms with Gasteiger partial charge in [-0.3, -0.25) is 9.69 Å². The monoisotopic (exact) mass is 320 g/mol. The average Bonchev–Trinajstić information content (AvgIpc) is 2.99. The Balaban J connectivity index is 1.46. The van der Waals surface area contributed by atoms with Gasteiger partial charge in [-0.15, -0.1) is 0 Å². The molecule has 0 spiro atoms.